The maximum atomic E-state index is 11.5. The van der Waals surface area contributed by atoms with E-state index in [9.17, 15) is 4.79 Å². The van der Waals surface area contributed by atoms with Gasteiger partial charge in [-0.1, -0.05) is 36.2 Å². The van der Waals surface area contributed by atoms with E-state index in [0.717, 1.165) is 19.4 Å². The second kappa shape index (κ2) is 5.74. The quantitative estimate of drug-likeness (QED) is 0.758. The van der Waals surface area contributed by atoms with Gasteiger partial charge in [-0.15, -0.1) is 0 Å². The standard InChI is InChI=1S/C11H20BrNO/c1-3-4-8(2)11(14)13-7-9-5-10(12)6-9/h8-10H,3-7H2,1-2H3,(H,13,14). The predicted octanol–water partition coefficient (Wildman–Crippen LogP) is 2.71. The number of carbonyl (C=O) groups is 1. The molecule has 3 heteroatoms. The summed E-state index contributed by atoms with van der Waals surface area (Å²) in [4.78, 5) is 12.2. The van der Waals surface area contributed by atoms with Crippen LogP contribution in [0.3, 0.4) is 0 Å². The molecule has 0 heterocycles. The number of rotatable bonds is 5. The first-order chi connectivity index (χ1) is 6.63. The fourth-order valence-corrected chi connectivity index (χ4v) is 2.86. The average Bonchev–Trinajstić information content (AvgIpc) is 2.10. The van der Waals surface area contributed by atoms with Crippen LogP contribution in [0, 0.1) is 11.8 Å². The highest BCUT2D eigenvalue weighted by atomic mass is 79.9. The van der Waals surface area contributed by atoms with Gasteiger partial charge in [0.05, 0.1) is 0 Å². The lowest BCUT2D eigenvalue weighted by atomic mass is 9.85. The van der Waals surface area contributed by atoms with Gasteiger partial charge in [0, 0.05) is 17.3 Å². The van der Waals surface area contributed by atoms with Gasteiger partial charge in [0.2, 0.25) is 5.91 Å². The summed E-state index contributed by atoms with van der Waals surface area (Å²) in [5.41, 5.74) is 0. The van der Waals surface area contributed by atoms with E-state index in [1.807, 2.05) is 6.92 Å². The third kappa shape index (κ3) is 3.60. The SMILES string of the molecule is CCCC(C)C(=O)NCC1CC(Br)C1. The Balaban J connectivity index is 2.08. The number of carbonyl (C=O) groups excluding carboxylic acids is 1. The van der Waals surface area contributed by atoms with E-state index in [0.29, 0.717) is 10.7 Å². The van der Waals surface area contributed by atoms with Crippen molar-refractivity contribution in [3.63, 3.8) is 0 Å². The molecule has 0 aliphatic heterocycles. The third-order valence-corrected chi connectivity index (χ3v) is 3.66. The Kier molecular flexibility index (Phi) is 4.93. The molecule has 1 fully saturated rings. The molecule has 0 aromatic carbocycles. The van der Waals surface area contributed by atoms with Crippen molar-refractivity contribution in [3.8, 4) is 0 Å². The highest BCUT2D eigenvalue weighted by Crippen LogP contribution is 2.32. The Hall–Kier alpha value is -0.0500. The Morgan fingerprint density at radius 2 is 2.21 bits per heavy atom. The lowest BCUT2D eigenvalue weighted by Crippen LogP contribution is -2.38. The molecule has 1 aliphatic carbocycles. The minimum Gasteiger partial charge on any atom is -0.356 e. The smallest absolute Gasteiger partial charge is 0.222 e. The summed E-state index contributed by atoms with van der Waals surface area (Å²) in [7, 11) is 0. The van der Waals surface area contributed by atoms with Crippen LogP contribution in [0.2, 0.25) is 0 Å². The van der Waals surface area contributed by atoms with E-state index in [4.69, 9.17) is 0 Å². The van der Waals surface area contributed by atoms with Crippen molar-refractivity contribution in [3.05, 3.63) is 0 Å². The highest BCUT2D eigenvalue weighted by molar-refractivity contribution is 9.09. The lowest BCUT2D eigenvalue weighted by Gasteiger charge is -2.31. The monoisotopic (exact) mass is 261 g/mol. The summed E-state index contributed by atoms with van der Waals surface area (Å²) in [6.45, 7) is 4.99. The summed E-state index contributed by atoms with van der Waals surface area (Å²) in [6.07, 6.45) is 4.50. The Morgan fingerprint density at radius 3 is 2.71 bits per heavy atom. The Morgan fingerprint density at radius 1 is 1.57 bits per heavy atom. The molecule has 0 aromatic rings. The van der Waals surface area contributed by atoms with Crippen molar-refractivity contribution in [1.29, 1.82) is 0 Å². The summed E-state index contributed by atoms with van der Waals surface area (Å²) in [5.74, 6) is 1.11. The molecule has 0 saturated heterocycles. The second-order valence-electron chi connectivity index (χ2n) is 4.37. The van der Waals surface area contributed by atoms with E-state index in [1.54, 1.807) is 0 Å². The number of halogens is 1. The molecule has 0 spiro atoms. The van der Waals surface area contributed by atoms with Gasteiger partial charge in [0.15, 0.2) is 0 Å². The predicted molar refractivity (Wildman–Crippen MR) is 62.5 cm³/mol. The first-order valence-electron chi connectivity index (χ1n) is 5.55. The average molecular weight is 262 g/mol. The normalized spacial score (nSPS) is 27.9. The van der Waals surface area contributed by atoms with Crippen molar-refractivity contribution in [2.24, 2.45) is 11.8 Å². The maximum absolute atomic E-state index is 11.5. The van der Waals surface area contributed by atoms with Crippen LogP contribution in [0.25, 0.3) is 0 Å². The topological polar surface area (TPSA) is 29.1 Å². The summed E-state index contributed by atoms with van der Waals surface area (Å²) in [6, 6.07) is 0. The Bertz CT molecular complexity index is 190. The zero-order chi connectivity index (χ0) is 10.6. The van der Waals surface area contributed by atoms with Crippen molar-refractivity contribution >= 4 is 21.8 Å². The van der Waals surface area contributed by atoms with Crippen LogP contribution in [0.1, 0.15) is 39.5 Å². The van der Waals surface area contributed by atoms with Gasteiger partial charge >= 0.3 is 0 Å². The van der Waals surface area contributed by atoms with Gasteiger partial charge in [-0.25, -0.2) is 0 Å². The van der Waals surface area contributed by atoms with E-state index in [-0.39, 0.29) is 11.8 Å². The molecule has 1 saturated carbocycles. The third-order valence-electron chi connectivity index (χ3n) is 2.91. The Labute approximate surface area is 95.0 Å². The lowest BCUT2D eigenvalue weighted by molar-refractivity contribution is -0.125. The van der Waals surface area contributed by atoms with E-state index in [2.05, 4.69) is 28.2 Å². The van der Waals surface area contributed by atoms with Crippen molar-refractivity contribution in [1.82, 2.24) is 5.32 Å². The van der Waals surface area contributed by atoms with E-state index >= 15 is 0 Å². The number of hydrogen-bond acceptors (Lipinski definition) is 1. The fraction of sp³-hybridized carbons (Fsp3) is 0.909. The van der Waals surface area contributed by atoms with Crippen LogP contribution < -0.4 is 5.32 Å². The molecule has 0 bridgehead atoms. The fourth-order valence-electron chi connectivity index (χ4n) is 1.80. The largest absolute Gasteiger partial charge is 0.356 e. The molecule has 1 rings (SSSR count). The van der Waals surface area contributed by atoms with Gasteiger partial charge < -0.3 is 5.32 Å². The second-order valence-corrected chi connectivity index (χ2v) is 5.66. The van der Waals surface area contributed by atoms with Gasteiger partial charge in [-0.2, -0.15) is 0 Å². The molecule has 82 valence electrons. The van der Waals surface area contributed by atoms with Gasteiger partial charge in [0.1, 0.15) is 0 Å². The number of amides is 1. The summed E-state index contributed by atoms with van der Waals surface area (Å²) < 4.78 is 0. The van der Waals surface area contributed by atoms with Gasteiger partial charge in [-0.3, -0.25) is 4.79 Å². The zero-order valence-corrected chi connectivity index (χ0v) is 10.6. The number of hydrogen-bond donors (Lipinski definition) is 1. The van der Waals surface area contributed by atoms with Gasteiger partial charge in [0.25, 0.3) is 0 Å². The molecule has 2 nitrogen and oxygen atoms in total. The first kappa shape index (κ1) is 12.0. The zero-order valence-electron chi connectivity index (χ0n) is 9.05. The minimum absolute atomic E-state index is 0.180. The molecular weight excluding hydrogens is 242 g/mol. The van der Waals surface area contributed by atoms with Crippen LogP contribution >= 0.6 is 15.9 Å². The van der Waals surface area contributed by atoms with E-state index in [1.165, 1.54) is 12.8 Å². The highest BCUT2D eigenvalue weighted by Gasteiger charge is 2.27. The van der Waals surface area contributed by atoms with Crippen LogP contribution in [0.4, 0.5) is 0 Å². The summed E-state index contributed by atoms with van der Waals surface area (Å²) in [5, 5.41) is 3.03. The molecule has 1 unspecified atom stereocenters. The number of alkyl halides is 1. The molecule has 14 heavy (non-hydrogen) atoms. The van der Waals surface area contributed by atoms with Gasteiger partial charge in [-0.05, 0) is 25.2 Å². The van der Waals surface area contributed by atoms with E-state index < -0.39 is 0 Å². The molecule has 1 amide bonds. The molecular formula is C11H20BrNO. The van der Waals surface area contributed by atoms with Crippen LogP contribution in [0.15, 0.2) is 0 Å². The summed E-state index contributed by atoms with van der Waals surface area (Å²) >= 11 is 3.55. The molecule has 0 aromatic heterocycles. The van der Waals surface area contributed by atoms with Crippen LogP contribution in [-0.2, 0) is 4.79 Å². The number of nitrogens with one attached hydrogen (secondary N) is 1. The first-order valence-corrected chi connectivity index (χ1v) is 6.46. The van der Waals surface area contributed by atoms with Crippen molar-refractivity contribution in [2.75, 3.05) is 6.54 Å². The molecule has 1 aliphatic rings. The van der Waals surface area contributed by atoms with Crippen molar-refractivity contribution < 1.29 is 4.79 Å². The minimum atomic E-state index is 0.180. The van der Waals surface area contributed by atoms with Crippen LogP contribution in [-0.4, -0.2) is 17.3 Å². The van der Waals surface area contributed by atoms with Crippen LogP contribution in [0.5, 0.6) is 0 Å². The maximum Gasteiger partial charge on any atom is 0.222 e. The molecule has 1 atom stereocenters. The van der Waals surface area contributed by atoms with Crippen molar-refractivity contribution in [2.45, 2.75) is 44.4 Å². The molecule has 0 radical (unpaired) electrons. The molecule has 1 N–H and O–H groups in total.